The van der Waals surface area contributed by atoms with E-state index >= 15 is 0 Å². The average molecular weight is 293 g/mol. The van der Waals surface area contributed by atoms with Crippen molar-refractivity contribution >= 4 is 24.3 Å². The number of hydrogen-bond donors (Lipinski definition) is 2. The van der Waals surface area contributed by atoms with Crippen LogP contribution in [0.25, 0.3) is 0 Å². The largest absolute Gasteiger partial charge is 0.481 e. The van der Waals surface area contributed by atoms with Crippen LogP contribution >= 0.6 is 12.4 Å². The van der Waals surface area contributed by atoms with E-state index in [1.54, 1.807) is 11.9 Å². The van der Waals surface area contributed by atoms with Gasteiger partial charge in [0.05, 0.1) is 13.0 Å². The van der Waals surface area contributed by atoms with Crippen LogP contribution in [0.1, 0.15) is 38.5 Å². The van der Waals surface area contributed by atoms with E-state index in [1.165, 1.54) is 32.1 Å². The van der Waals surface area contributed by atoms with Crippen LogP contribution in [0.15, 0.2) is 0 Å². The zero-order valence-corrected chi connectivity index (χ0v) is 12.4. The van der Waals surface area contributed by atoms with Gasteiger partial charge in [-0.1, -0.05) is 19.3 Å². The fourth-order valence-corrected chi connectivity index (χ4v) is 2.32. The highest BCUT2D eigenvalue weighted by Gasteiger charge is 2.14. The Morgan fingerprint density at radius 1 is 1.26 bits per heavy atom. The summed E-state index contributed by atoms with van der Waals surface area (Å²) in [4.78, 5) is 23.8. The van der Waals surface area contributed by atoms with Gasteiger partial charge in [0.25, 0.3) is 0 Å². The predicted molar refractivity (Wildman–Crippen MR) is 76.6 cm³/mol. The molecule has 0 spiro atoms. The summed E-state index contributed by atoms with van der Waals surface area (Å²) in [6.07, 6.45) is 6.39. The standard InChI is InChI=1S/C13H24N2O3.ClH/c1-15(8-7-13(17)18)10-12(16)14-9-11-5-3-2-4-6-11;/h11H,2-10H2,1H3,(H,14,16)(H,17,18);1H. The highest BCUT2D eigenvalue weighted by molar-refractivity contribution is 5.85. The van der Waals surface area contributed by atoms with Gasteiger partial charge in [-0.15, -0.1) is 12.4 Å². The second-order valence-corrected chi connectivity index (χ2v) is 5.19. The highest BCUT2D eigenvalue weighted by atomic mass is 35.5. The van der Waals surface area contributed by atoms with Gasteiger partial charge >= 0.3 is 5.97 Å². The first-order valence-corrected chi connectivity index (χ1v) is 6.75. The normalized spacial score (nSPS) is 15.9. The number of aliphatic carboxylic acids is 1. The van der Waals surface area contributed by atoms with Crippen molar-refractivity contribution in [3.05, 3.63) is 0 Å². The number of carbonyl (C=O) groups is 2. The molecule has 1 fully saturated rings. The van der Waals surface area contributed by atoms with Gasteiger partial charge in [-0.25, -0.2) is 0 Å². The van der Waals surface area contributed by atoms with Crippen LogP contribution in [0, 0.1) is 5.92 Å². The molecule has 0 unspecified atom stereocenters. The minimum absolute atomic E-state index is 0. The first-order valence-electron chi connectivity index (χ1n) is 6.75. The minimum atomic E-state index is -0.829. The fraction of sp³-hybridized carbons (Fsp3) is 0.846. The molecule has 112 valence electrons. The molecular weight excluding hydrogens is 268 g/mol. The summed E-state index contributed by atoms with van der Waals surface area (Å²) >= 11 is 0. The average Bonchev–Trinajstić information content (AvgIpc) is 2.35. The van der Waals surface area contributed by atoms with Crippen LogP contribution in [-0.2, 0) is 9.59 Å². The van der Waals surface area contributed by atoms with E-state index in [2.05, 4.69) is 5.32 Å². The van der Waals surface area contributed by atoms with Crippen molar-refractivity contribution in [1.82, 2.24) is 10.2 Å². The van der Waals surface area contributed by atoms with Crippen molar-refractivity contribution in [2.45, 2.75) is 38.5 Å². The van der Waals surface area contributed by atoms with E-state index < -0.39 is 5.97 Å². The molecule has 2 N–H and O–H groups in total. The number of likely N-dealkylation sites (N-methyl/N-ethyl adjacent to an activating group) is 1. The summed E-state index contributed by atoms with van der Waals surface area (Å²) < 4.78 is 0. The van der Waals surface area contributed by atoms with Crippen molar-refractivity contribution in [1.29, 1.82) is 0 Å². The Kier molecular flexibility index (Phi) is 9.61. The topological polar surface area (TPSA) is 69.6 Å². The van der Waals surface area contributed by atoms with Gasteiger partial charge in [0.1, 0.15) is 0 Å². The van der Waals surface area contributed by atoms with Crippen molar-refractivity contribution in [2.24, 2.45) is 5.92 Å². The lowest BCUT2D eigenvalue weighted by Gasteiger charge is -2.22. The van der Waals surface area contributed by atoms with Crippen molar-refractivity contribution in [3.8, 4) is 0 Å². The molecule has 0 radical (unpaired) electrons. The first-order chi connectivity index (χ1) is 8.58. The molecule has 0 aromatic carbocycles. The Bertz CT molecular complexity index is 281. The molecule has 0 aromatic rings. The number of carboxylic acids is 1. The number of nitrogens with zero attached hydrogens (tertiary/aromatic N) is 1. The smallest absolute Gasteiger partial charge is 0.304 e. The third-order valence-electron chi connectivity index (χ3n) is 3.43. The molecule has 0 aromatic heterocycles. The lowest BCUT2D eigenvalue weighted by Crippen LogP contribution is -2.38. The zero-order chi connectivity index (χ0) is 13.4. The molecule has 6 heteroatoms. The van der Waals surface area contributed by atoms with Crippen LogP contribution in [0.2, 0.25) is 0 Å². The molecule has 1 saturated carbocycles. The third-order valence-corrected chi connectivity index (χ3v) is 3.43. The number of carboxylic acid groups (broad SMARTS) is 1. The molecule has 5 nitrogen and oxygen atoms in total. The first kappa shape index (κ1) is 18.2. The van der Waals surface area contributed by atoms with E-state index in [9.17, 15) is 9.59 Å². The number of carbonyl (C=O) groups excluding carboxylic acids is 1. The summed E-state index contributed by atoms with van der Waals surface area (Å²) in [7, 11) is 1.77. The van der Waals surface area contributed by atoms with Crippen LogP contribution < -0.4 is 5.32 Å². The second kappa shape index (κ2) is 10.0. The van der Waals surface area contributed by atoms with Gasteiger partial charge < -0.3 is 10.4 Å². The van der Waals surface area contributed by atoms with Gasteiger partial charge in [-0.3, -0.25) is 14.5 Å². The second-order valence-electron chi connectivity index (χ2n) is 5.19. The maximum Gasteiger partial charge on any atom is 0.304 e. The number of nitrogens with one attached hydrogen (secondary N) is 1. The minimum Gasteiger partial charge on any atom is -0.481 e. The molecule has 1 aliphatic carbocycles. The Balaban J connectivity index is 0.00000324. The van der Waals surface area contributed by atoms with E-state index in [0.29, 0.717) is 12.5 Å². The SMILES string of the molecule is CN(CCC(=O)O)CC(=O)NCC1CCCCC1.Cl. The molecule has 1 aliphatic rings. The molecule has 0 heterocycles. The quantitative estimate of drug-likeness (QED) is 0.746. The van der Waals surface area contributed by atoms with Crippen molar-refractivity contribution < 1.29 is 14.7 Å². The lowest BCUT2D eigenvalue weighted by molar-refractivity contribution is -0.137. The summed E-state index contributed by atoms with van der Waals surface area (Å²) in [6, 6.07) is 0. The van der Waals surface area contributed by atoms with Crippen LogP contribution in [-0.4, -0.2) is 48.6 Å². The van der Waals surface area contributed by atoms with E-state index in [-0.39, 0.29) is 31.3 Å². The molecule has 1 rings (SSSR count). The fourth-order valence-electron chi connectivity index (χ4n) is 2.32. The van der Waals surface area contributed by atoms with Gasteiger partial charge in [0.15, 0.2) is 0 Å². The maximum absolute atomic E-state index is 11.6. The Morgan fingerprint density at radius 2 is 1.89 bits per heavy atom. The zero-order valence-electron chi connectivity index (χ0n) is 11.6. The van der Waals surface area contributed by atoms with Crippen LogP contribution in [0.4, 0.5) is 0 Å². The molecule has 1 amide bonds. The summed E-state index contributed by atoms with van der Waals surface area (Å²) in [6.45, 7) is 1.46. The monoisotopic (exact) mass is 292 g/mol. The van der Waals surface area contributed by atoms with Crippen LogP contribution in [0.5, 0.6) is 0 Å². The number of hydrogen-bond acceptors (Lipinski definition) is 3. The number of rotatable bonds is 7. The summed E-state index contributed by atoms with van der Waals surface area (Å²) in [5.41, 5.74) is 0. The van der Waals surface area contributed by atoms with Gasteiger partial charge in [-0.05, 0) is 25.8 Å². The van der Waals surface area contributed by atoms with Crippen molar-refractivity contribution in [3.63, 3.8) is 0 Å². The predicted octanol–water partition coefficient (Wildman–Crippen LogP) is 1.51. The number of halogens is 1. The van der Waals surface area contributed by atoms with E-state index in [1.807, 2.05) is 0 Å². The summed E-state index contributed by atoms with van der Waals surface area (Å²) in [5.74, 6) is -0.204. The molecular formula is C13H25ClN2O3. The van der Waals surface area contributed by atoms with Gasteiger partial charge in [0, 0.05) is 13.1 Å². The molecule has 0 bridgehead atoms. The van der Waals surface area contributed by atoms with Crippen LogP contribution in [0.3, 0.4) is 0 Å². The Hall–Kier alpha value is -0.810. The summed E-state index contributed by atoms with van der Waals surface area (Å²) in [5, 5.41) is 11.5. The molecule has 0 atom stereocenters. The molecule has 0 saturated heterocycles. The third kappa shape index (κ3) is 8.83. The number of amides is 1. The Morgan fingerprint density at radius 3 is 2.47 bits per heavy atom. The molecule has 0 aliphatic heterocycles. The maximum atomic E-state index is 11.6. The van der Waals surface area contributed by atoms with Crippen molar-refractivity contribution in [2.75, 3.05) is 26.7 Å². The van der Waals surface area contributed by atoms with E-state index in [4.69, 9.17) is 5.11 Å². The van der Waals surface area contributed by atoms with Gasteiger partial charge in [-0.2, -0.15) is 0 Å². The highest BCUT2D eigenvalue weighted by Crippen LogP contribution is 2.22. The molecule has 19 heavy (non-hydrogen) atoms. The van der Waals surface area contributed by atoms with Gasteiger partial charge in [0.2, 0.25) is 5.91 Å². The Labute approximate surface area is 121 Å². The van der Waals surface area contributed by atoms with E-state index in [0.717, 1.165) is 6.54 Å². The lowest BCUT2D eigenvalue weighted by atomic mass is 9.89.